The van der Waals surface area contributed by atoms with Crippen LogP contribution in [-0.4, -0.2) is 84.0 Å². The van der Waals surface area contributed by atoms with Crippen molar-refractivity contribution in [3.63, 3.8) is 0 Å². The van der Waals surface area contributed by atoms with E-state index in [1.54, 1.807) is 29.2 Å². The normalized spacial score (nSPS) is 23.1. The zero-order chi connectivity index (χ0) is 23.1. The minimum atomic E-state index is -0.109. The van der Waals surface area contributed by atoms with E-state index in [9.17, 15) is 14.7 Å². The molecule has 3 rings (SSSR count). The highest BCUT2D eigenvalue weighted by Crippen LogP contribution is 2.28. The van der Waals surface area contributed by atoms with Gasteiger partial charge in [0, 0.05) is 57.2 Å². The fraction of sp³-hybridized carbons (Fsp3) is 0.583. The van der Waals surface area contributed by atoms with Gasteiger partial charge in [-0.1, -0.05) is 36.2 Å². The van der Waals surface area contributed by atoms with Crippen LogP contribution in [0.15, 0.2) is 24.3 Å². The maximum atomic E-state index is 12.6. The molecule has 2 saturated heterocycles. The summed E-state index contributed by atoms with van der Waals surface area (Å²) in [5.74, 6) is -0.00469. The number of hydrogen-bond donors (Lipinski definition) is 1. The molecule has 1 atom stereocenters. The number of aliphatic hydroxyl groups excluding tert-OH is 1. The molecular formula is C24H33Cl2N3O3. The Bertz CT molecular complexity index is 848. The Morgan fingerprint density at radius 1 is 1.16 bits per heavy atom. The Labute approximate surface area is 200 Å². The Balaban J connectivity index is 1.46. The Hall–Kier alpha value is -1.60. The first kappa shape index (κ1) is 25.0. The van der Waals surface area contributed by atoms with Crippen molar-refractivity contribution in [3.8, 4) is 0 Å². The molecule has 1 aromatic carbocycles. The molecule has 2 heterocycles. The average Bonchev–Trinajstić information content (AvgIpc) is 2.96. The van der Waals surface area contributed by atoms with Crippen LogP contribution in [0.5, 0.6) is 0 Å². The first-order chi connectivity index (χ1) is 15.3. The highest BCUT2D eigenvalue weighted by Gasteiger charge is 2.30. The van der Waals surface area contributed by atoms with Crippen LogP contribution in [0, 0.1) is 5.41 Å². The quantitative estimate of drug-likeness (QED) is 0.604. The van der Waals surface area contributed by atoms with E-state index >= 15 is 0 Å². The number of amides is 2. The molecular weight excluding hydrogens is 449 g/mol. The van der Waals surface area contributed by atoms with Crippen LogP contribution in [-0.2, 0) is 9.59 Å². The van der Waals surface area contributed by atoms with Gasteiger partial charge in [0.1, 0.15) is 0 Å². The molecule has 0 spiro atoms. The molecule has 0 aliphatic carbocycles. The van der Waals surface area contributed by atoms with E-state index in [4.69, 9.17) is 23.2 Å². The van der Waals surface area contributed by atoms with Gasteiger partial charge in [-0.3, -0.25) is 9.59 Å². The van der Waals surface area contributed by atoms with Gasteiger partial charge in [0.05, 0.1) is 10.0 Å². The minimum absolute atomic E-state index is 0.0115. The standard InChI is InChI=1S/C24H33Cl2N3O3/c1-24(18-30)9-2-10-27(17-24)11-3-12-28-14-15-29(13-8-23(28)32)22(31)7-5-19-4-6-20(25)21(26)16-19/h4-7,16,30H,2-3,8-15,17-18H2,1H3. The summed E-state index contributed by atoms with van der Waals surface area (Å²) in [4.78, 5) is 31.2. The first-order valence-electron chi connectivity index (χ1n) is 11.3. The van der Waals surface area contributed by atoms with E-state index in [0.29, 0.717) is 42.6 Å². The molecule has 6 nitrogen and oxygen atoms in total. The molecule has 0 aromatic heterocycles. The molecule has 0 bridgehead atoms. The number of benzene rings is 1. The van der Waals surface area contributed by atoms with Gasteiger partial charge >= 0.3 is 0 Å². The second kappa shape index (κ2) is 11.5. The zero-order valence-corrected chi connectivity index (χ0v) is 20.2. The largest absolute Gasteiger partial charge is 0.396 e. The fourth-order valence-electron chi connectivity index (χ4n) is 4.44. The molecule has 1 N–H and O–H groups in total. The summed E-state index contributed by atoms with van der Waals surface area (Å²) in [6.45, 7) is 7.46. The maximum absolute atomic E-state index is 12.6. The second-order valence-electron chi connectivity index (χ2n) is 9.16. The first-order valence-corrected chi connectivity index (χ1v) is 12.1. The van der Waals surface area contributed by atoms with Gasteiger partial charge in [-0.25, -0.2) is 0 Å². The zero-order valence-electron chi connectivity index (χ0n) is 18.7. The Morgan fingerprint density at radius 2 is 1.97 bits per heavy atom. The monoisotopic (exact) mass is 481 g/mol. The minimum Gasteiger partial charge on any atom is -0.396 e. The van der Waals surface area contributed by atoms with Crippen LogP contribution < -0.4 is 0 Å². The number of halogens is 2. The van der Waals surface area contributed by atoms with Gasteiger partial charge in [-0.05, 0) is 56.1 Å². The smallest absolute Gasteiger partial charge is 0.246 e. The van der Waals surface area contributed by atoms with E-state index in [-0.39, 0.29) is 23.8 Å². The van der Waals surface area contributed by atoms with Gasteiger partial charge in [-0.15, -0.1) is 0 Å². The summed E-state index contributed by atoms with van der Waals surface area (Å²) < 4.78 is 0. The predicted octanol–water partition coefficient (Wildman–Crippen LogP) is 3.55. The van der Waals surface area contributed by atoms with Gasteiger partial charge in [0.25, 0.3) is 0 Å². The van der Waals surface area contributed by atoms with Crippen LogP contribution >= 0.6 is 23.2 Å². The third kappa shape index (κ3) is 6.95. The maximum Gasteiger partial charge on any atom is 0.246 e. The number of aliphatic hydroxyl groups is 1. The molecule has 1 unspecified atom stereocenters. The molecule has 2 fully saturated rings. The van der Waals surface area contributed by atoms with Crippen LogP contribution in [0.1, 0.15) is 38.2 Å². The number of rotatable bonds is 7. The lowest BCUT2D eigenvalue weighted by Crippen LogP contribution is -2.44. The number of likely N-dealkylation sites (tertiary alicyclic amines) is 1. The highest BCUT2D eigenvalue weighted by atomic mass is 35.5. The lowest BCUT2D eigenvalue weighted by Gasteiger charge is -2.39. The summed E-state index contributed by atoms with van der Waals surface area (Å²) >= 11 is 12.0. The lowest BCUT2D eigenvalue weighted by atomic mass is 9.83. The summed E-state index contributed by atoms with van der Waals surface area (Å²) in [5.41, 5.74) is 0.790. The number of carbonyl (C=O) groups excluding carboxylic acids is 2. The van der Waals surface area contributed by atoms with Gasteiger partial charge in [-0.2, -0.15) is 0 Å². The number of piperidine rings is 1. The summed E-state index contributed by atoms with van der Waals surface area (Å²) in [5, 5.41) is 10.6. The molecule has 1 aromatic rings. The van der Waals surface area contributed by atoms with Crippen molar-refractivity contribution in [2.75, 3.05) is 52.4 Å². The molecule has 0 saturated carbocycles. The summed E-state index contributed by atoms with van der Waals surface area (Å²) in [7, 11) is 0. The van der Waals surface area contributed by atoms with E-state index in [2.05, 4.69) is 11.8 Å². The fourth-order valence-corrected chi connectivity index (χ4v) is 4.75. The Morgan fingerprint density at radius 3 is 2.72 bits per heavy atom. The van der Waals surface area contributed by atoms with Crippen LogP contribution in [0.3, 0.4) is 0 Å². The van der Waals surface area contributed by atoms with Crippen molar-refractivity contribution in [2.24, 2.45) is 5.41 Å². The predicted molar refractivity (Wildman–Crippen MR) is 129 cm³/mol. The lowest BCUT2D eigenvalue weighted by molar-refractivity contribution is -0.130. The van der Waals surface area contributed by atoms with Crippen molar-refractivity contribution in [1.82, 2.24) is 14.7 Å². The summed E-state index contributed by atoms with van der Waals surface area (Å²) in [6, 6.07) is 5.22. The number of carbonyl (C=O) groups is 2. The molecule has 8 heteroatoms. The highest BCUT2D eigenvalue weighted by molar-refractivity contribution is 6.42. The third-order valence-corrected chi connectivity index (χ3v) is 7.14. The van der Waals surface area contributed by atoms with E-state index in [0.717, 1.165) is 44.5 Å². The van der Waals surface area contributed by atoms with Crippen molar-refractivity contribution in [1.29, 1.82) is 0 Å². The topological polar surface area (TPSA) is 64.1 Å². The van der Waals surface area contributed by atoms with Crippen molar-refractivity contribution < 1.29 is 14.7 Å². The molecule has 2 amide bonds. The van der Waals surface area contributed by atoms with E-state index in [1.165, 1.54) is 6.08 Å². The third-order valence-electron chi connectivity index (χ3n) is 6.41. The van der Waals surface area contributed by atoms with Crippen LogP contribution in [0.25, 0.3) is 6.08 Å². The summed E-state index contributed by atoms with van der Waals surface area (Å²) in [6.07, 6.45) is 6.65. The number of nitrogens with zero attached hydrogens (tertiary/aromatic N) is 3. The van der Waals surface area contributed by atoms with E-state index in [1.807, 2.05) is 4.90 Å². The number of hydrogen-bond acceptors (Lipinski definition) is 4. The van der Waals surface area contributed by atoms with Crippen molar-refractivity contribution in [3.05, 3.63) is 39.9 Å². The average molecular weight is 482 g/mol. The molecule has 176 valence electrons. The van der Waals surface area contributed by atoms with E-state index < -0.39 is 0 Å². The van der Waals surface area contributed by atoms with Gasteiger partial charge in [0.2, 0.25) is 11.8 Å². The van der Waals surface area contributed by atoms with Gasteiger partial charge < -0.3 is 19.8 Å². The SMILES string of the molecule is CC1(CO)CCCN(CCCN2CCN(C(=O)C=Cc3ccc(Cl)c(Cl)c3)CCC2=O)C1. The molecule has 32 heavy (non-hydrogen) atoms. The van der Waals surface area contributed by atoms with Crippen LogP contribution in [0.2, 0.25) is 10.0 Å². The molecule has 2 aliphatic rings. The van der Waals surface area contributed by atoms with Crippen molar-refractivity contribution in [2.45, 2.75) is 32.6 Å². The van der Waals surface area contributed by atoms with Gasteiger partial charge in [0.15, 0.2) is 0 Å². The van der Waals surface area contributed by atoms with Crippen LogP contribution in [0.4, 0.5) is 0 Å². The Kier molecular flexibility index (Phi) is 9.00. The van der Waals surface area contributed by atoms with Crippen molar-refractivity contribution >= 4 is 41.1 Å². The molecule has 2 aliphatic heterocycles. The molecule has 0 radical (unpaired) electrons. The second-order valence-corrected chi connectivity index (χ2v) is 9.98.